The number of benzene rings is 2. The molecule has 1 aliphatic heterocycles. The Hall–Kier alpha value is -3.21. The van der Waals surface area contributed by atoms with Crippen molar-refractivity contribution < 1.29 is 9.59 Å². The molecule has 1 aliphatic rings. The number of nitrogens with zero attached hydrogens (tertiary/aromatic N) is 7. The monoisotopic (exact) mass is 615 g/mol. The maximum atomic E-state index is 13.4. The number of carbonyl (C=O) groups excluding carboxylic acids is 2. The highest BCUT2D eigenvalue weighted by atomic mass is 79.9. The molecule has 2 aromatic carbocycles. The first kappa shape index (κ1) is 26.4. The number of aromatic nitrogens is 5. The minimum Gasteiger partial charge on any atom is -0.333 e. The third-order valence-electron chi connectivity index (χ3n) is 6.35. The van der Waals surface area contributed by atoms with Crippen LogP contribution in [0, 0.1) is 13.8 Å². The fourth-order valence-corrected chi connectivity index (χ4v) is 5.54. The van der Waals surface area contributed by atoms with E-state index in [2.05, 4.69) is 31.3 Å². The van der Waals surface area contributed by atoms with Crippen LogP contribution < -0.4 is 0 Å². The average molecular weight is 617 g/mol. The molecule has 0 bridgehead atoms. The van der Waals surface area contributed by atoms with Gasteiger partial charge in [0.15, 0.2) is 0 Å². The highest BCUT2D eigenvalue weighted by Gasteiger charge is 2.31. The van der Waals surface area contributed by atoms with E-state index in [1.807, 2.05) is 49.5 Å². The molecule has 0 radical (unpaired) electrons. The van der Waals surface area contributed by atoms with Crippen molar-refractivity contribution in [3.8, 4) is 5.69 Å². The Morgan fingerprint density at radius 3 is 2.61 bits per heavy atom. The van der Waals surface area contributed by atoms with Crippen LogP contribution in [0.5, 0.6) is 0 Å². The second-order valence-electron chi connectivity index (χ2n) is 9.18. The van der Waals surface area contributed by atoms with E-state index in [1.165, 1.54) is 4.90 Å². The van der Waals surface area contributed by atoms with Crippen LogP contribution in [-0.2, 0) is 17.9 Å². The van der Waals surface area contributed by atoms with Crippen molar-refractivity contribution in [2.45, 2.75) is 26.9 Å². The molecule has 0 saturated carbocycles. The smallest absolute Gasteiger partial charge is 0.259 e. The summed E-state index contributed by atoms with van der Waals surface area (Å²) in [5, 5.41) is 13.7. The molecule has 4 aromatic rings. The van der Waals surface area contributed by atoms with Crippen LogP contribution in [0.4, 0.5) is 0 Å². The summed E-state index contributed by atoms with van der Waals surface area (Å²) in [4.78, 5) is 29.5. The molecular weight excluding hydrogens is 593 g/mol. The molecule has 3 heterocycles. The van der Waals surface area contributed by atoms with Crippen LogP contribution in [0.3, 0.4) is 0 Å². The van der Waals surface area contributed by atoms with Gasteiger partial charge in [0.2, 0.25) is 5.91 Å². The summed E-state index contributed by atoms with van der Waals surface area (Å²) in [5.41, 5.74) is 4.27. The van der Waals surface area contributed by atoms with E-state index in [-0.39, 0.29) is 23.5 Å². The molecule has 0 N–H and O–H groups in total. The van der Waals surface area contributed by atoms with Crippen LogP contribution in [0.1, 0.15) is 32.9 Å². The zero-order valence-corrected chi connectivity index (χ0v) is 23.8. The predicted molar refractivity (Wildman–Crippen MR) is 148 cm³/mol. The van der Waals surface area contributed by atoms with Gasteiger partial charge in [0.25, 0.3) is 5.91 Å². The van der Waals surface area contributed by atoms with E-state index < -0.39 is 0 Å². The lowest BCUT2D eigenvalue weighted by molar-refractivity contribution is -0.135. The topological polar surface area (TPSA) is 89.2 Å². The lowest BCUT2D eigenvalue weighted by Gasteiger charge is -2.33. The van der Waals surface area contributed by atoms with E-state index in [0.717, 1.165) is 21.3 Å². The molecule has 2 amide bonds. The zero-order chi connectivity index (χ0) is 27.0. The number of aryl methyl sites for hydroxylation is 2. The normalized spacial score (nSPS) is 13.9. The quantitative estimate of drug-likeness (QED) is 0.314. The minimum atomic E-state index is -0.318. The molecule has 2 aromatic heterocycles. The van der Waals surface area contributed by atoms with Gasteiger partial charge in [0.1, 0.15) is 17.4 Å². The molecule has 1 fully saturated rings. The number of hydrogen-bond acceptors (Lipinski definition) is 5. The van der Waals surface area contributed by atoms with Crippen LogP contribution in [0.2, 0.25) is 10.2 Å². The van der Waals surface area contributed by atoms with Crippen molar-refractivity contribution in [1.82, 2.24) is 34.6 Å². The first-order valence-electron chi connectivity index (χ1n) is 11.9. The Morgan fingerprint density at radius 2 is 1.87 bits per heavy atom. The zero-order valence-electron chi connectivity index (χ0n) is 20.7. The van der Waals surface area contributed by atoms with Gasteiger partial charge in [0.05, 0.1) is 36.2 Å². The molecule has 0 spiro atoms. The number of hydrogen-bond donors (Lipinski definition) is 0. The molecule has 5 rings (SSSR count). The number of halogens is 3. The van der Waals surface area contributed by atoms with E-state index in [4.69, 9.17) is 23.2 Å². The first-order chi connectivity index (χ1) is 18.2. The lowest BCUT2D eigenvalue weighted by atomic mass is 10.2. The van der Waals surface area contributed by atoms with Crippen molar-refractivity contribution in [2.24, 2.45) is 0 Å². The molecule has 0 atom stereocenters. The Labute approximate surface area is 238 Å². The number of amides is 2. The fraction of sp³-hybridized carbons (Fsp3) is 0.269. The molecule has 0 unspecified atom stereocenters. The predicted octanol–water partition coefficient (Wildman–Crippen LogP) is 4.68. The van der Waals surface area contributed by atoms with E-state index >= 15 is 0 Å². The van der Waals surface area contributed by atoms with Crippen LogP contribution >= 0.6 is 39.1 Å². The van der Waals surface area contributed by atoms with Gasteiger partial charge in [-0.05, 0) is 49.2 Å². The Balaban J connectivity index is 1.25. The van der Waals surface area contributed by atoms with Gasteiger partial charge < -0.3 is 9.80 Å². The van der Waals surface area contributed by atoms with Gasteiger partial charge in [-0.25, -0.2) is 9.36 Å². The average Bonchev–Trinajstić information content (AvgIpc) is 3.44. The Morgan fingerprint density at radius 1 is 1.08 bits per heavy atom. The summed E-state index contributed by atoms with van der Waals surface area (Å²) in [6.07, 6.45) is 1.81. The maximum absolute atomic E-state index is 13.4. The number of carbonyl (C=O) groups is 2. The van der Waals surface area contributed by atoms with Crippen LogP contribution in [0.15, 0.2) is 53.1 Å². The number of piperazine rings is 1. The van der Waals surface area contributed by atoms with Crippen LogP contribution in [-0.4, -0.2) is 66.0 Å². The lowest BCUT2D eigenvalue weighted by Crippen LogP contribution is -2.51. The minimum absolute atomic E-state index is 0.0523. The van der Waals surface area contributed by atoms with Crippen molar-refractivity contribution in [3.05, 3.63) is 91.4 Å². The summed E-state index contributed by atoms with van der Waals surface area (Å²) in [6, 6.07) is 13.4. The maximum Gasteiger partial charge on any atom is 0.259 e. The van der Waals surface area contributed by atoms with Gasteiger partial charge in [0, 0.05) is 22.6 Å². The second kappa shape index (κ2) is 10.9. The number of rotatable bonds is 6. The Kier molecular flexibility index (Phi) is 7.56. The largest absolute Gasteiger partial charge is 0.333 e. The molecular formula is C26H24BrCl2N7O2. The molecule has 12 heteroatoms. The summed E-state index contributed by atoms with van der Waals surface area (Å²) in [7, 11) is 0. The van der Waals surface area contributed by atoms with E-state index in [1.54, 1.807) is 27.3 Å². The highest BCUT2D eigenvalue weighted by Crippen LogP contribution is 2.25. The van der Waals surface area contributed by atoms with Crippen LogP contribution in [0.25, 0.3) is 5.69 Å². The van der Waals surface area contributed by atoms with Crippen molar-refractivity contribution in [2.75, 3.05) is 19.6 Å². The van der Waals surface area contributed by atoms with Gasteiger partial charge in [-0.2, -0.15) is 5.10 Å². The second-order valence-corrected chi connectivity index (χ2v) is 10.9. The third-order valence-corrected chi connectivity index (χ3v) is 7.56. The van der Waals surface area contributed by atoms with Gasteiger partial charge in [-0.1, -0.05) is 62.5 Å². The van der Waals surface area contributed by atoms with Crippen molar-refractivity contribution in [3.63, 3.8) is 0 Å². The first-order valence-corrected chi connectivity index (χ1v) is 13.5. The highest BCUT2D eigenvalue weighted by molar-refractivity contribution is 9.10. The standard InChI is InChI=1S/C26H24BrCl2N7O2/c1-16-9-19(27)11-21(10-16)35-14-20(30-32-35)13-33-7-8-34(15-23(33)37)26(38)24-17(2)31-36(25(24)29)12-18-5-3-4-6-22(18)28/h3-6,9-11,14H,7-8,12-13,15H2,1-2H3. The molecule has 9 nitrogen and oxygen atoms in total. The molecule has 38 heavy (non-hydrogen) atoms. The molecule has 196 valence electrons. The SMILES string of the molecule is Cc1cc(Br)cc(-n2cc(CN3CCN(C(=O)c4c(C)nn(Cc5ccccc5Cl)c4Cl)CC3=O)nn2)c1. The van der Waals surface area contributed by atoms with E-state index in [0.29, 0.717) is 48.2 Å². The summed E-state index contributed by atoms with van der Waals surface area (Å²) < 4.78 is 4.19. The molecule has 0 aliphatic carbocycles. The fourth-order valence-electron chi connectivity index (χ4n) is 4.44. The summed E-state index contributed by atoms with van der Waals surface area (Å²) in [6.45, 7) is 5.07. The van der Waals surface area contributed by atoms with Gasteiger partial charge >= 0.3 is 0 Å². The third kappa shape index (κ3) is 5.48. The van der Waals surface area contributed by atoms with Gasteiger partial charge in [-0.15, -0.1) is 5.10 Å². The summed E-state index contributed by atoms with van der Waals surface area (Å²) >= 11 is 16.4. The van der Waals surface area contributed by atoms with Crippen molar-refractivity contribution >= 4 is 50.9 Å². The summed E-state index contributed by atoms with van der Waals surface area (Å²) in [5.74, 6) is -0.489. The van der Waals surface area contributed by atoms with Crippen molar-refractivity contribution in [1.29, 1.82) is 0 Å². The Bertz CT molecular complexity index is 1510. The van der Waals surface area contributed by atoms with Gasteiger partial charge in [-0.3, -0.25) is 9.59 Å². The van der Waals surface area contributed by atoms with E-state index in [9.17, 15) is 9.59 Å². The molecule has 1 saturated heterocycles.